The number of aromatic nitrogens is 1. The second-order valence-electron chi connectivity index (χ2n) is 13.8. The van der Waals surface area contributed by atoms with E-state index in [9.17, 15) is 25.9 Å². The van der Waals surface area contributed by atoms with Crippen LogP contribution < -0.4 is 9.05 Å². The summed E-state index contributed by atoms with van der Waals surface area (Å²) in [6.07, 6.45) is 5.08. The van der Waals surface area contributed by atoms with Crippen LogP contribution in [0.2, 0.25) is 0 Å². The van der Waals surface area contributed by atoms with E-state index in [1.54, 1.807) is 11.8 Å². The molecule has 1 spiro atoms. The first-order chi connectivity index (χ1) is 24.8. The molecule has 5 aromatic rings. The Morgan fingerprint density at radius 3 is 2.13 bits per heavy atom. The lowest BCUT2D eigenvalue weighted by molar-refractivity contribution is -0.973. The minimum atomic E-state index is -4.65. The monoisotopic (exact) mass is 764 g/mol. The number of rotatable bonds is 12. The van der Waals surface area contributed by atoms with Crippen LogP contribution in [-0.2, 0) is 26.8 Å². The van der Waals surface area contributed by atoms with Crippen molar-refractivity contribution in [2.45, 2.75) is 63.4 Å². The Morgan fingerprint density at radius 2 is 1.54 bits per heavy atom. The Labute approximate surface area is 309 Å². The topological polar surface area (TPSA) is 126 Å². The van der Waals surface area contributed by atoms with Crippen molar-refractivity contribution in [2.24, 2.45) is 0 Å². The molecule has 1 saturated heterocycles. The second kappa shape index (κ2) is 13.4. The van der Waals surface area contributed by atoms with Crippen LogP contribution in [0, 0.1) is 0 Å². The average molecular weight is 765 g/mol. The first-order valence-electron chi connectivity index (χ1n) is 17.9. The lowest BCUT2D eigenvalue weighted by Gasteiger charge is -2.62. The van der Waals surface area contributed by atoms with Crippen LogP contribution >= 0.6 is 11.8 Å². The molecule has 1 fully saturated rings. The van der Waals surface area contributed by atoms with Gasteiger partial charge in [-0.3, -0.25) is 13.6 Å². The Kier molecular flexibility index (Phi) is 9.47. The summed E-state index contributed by atoms with van der Waals surface area (Å²) in [6.45, 7) is 10.4. The fourth-order valence-electron chi connectivity index (χ4n) is 9.00. The molecular weight excluding hydrogens is 719 g/mol. The van der Waals surface area contributed by atoms with Crippen LogP contribution in [0.25, 0.3) is 38.7 Å². The number of benzene rings is 4. The van der Waals surface area contributed by atoms with Crippen molar-refractivity contribution in [1.29, 1.82) is 0 Å². The van der Waals surface area contributed by atoms with Gasteiger partial charge in [0.15, 0.2) is 17.3 Å². The van der Waals surface area contributed by atoms with Gasteiger partial charge in [0.25, 0.3) is 15.6 Å². The minimum Gasteiger partial charge on any atom is -0.398 e. The van der Waals surface area contributed by atoms with Crippen molar-refractivity contribution in [3.63, 3.8) is 0 Å². The summed E-state index contributed by atoms with van der Waals surface area (Å²) in [6, 6.07) is 24.0. The average Bonchev–Trinajstić information content (AvgIpc) is 3.65. The maximum absolute atomic E-state index is 14.2. The van der Waals surface area contributed by atoms with E-state index in [1.807, 2.05) is 99.0 Å². The van der Waals surface area contributed by atoms with Crippen LogP contribution in [0.1, 0.15) is 52.8 Å². The molecule has 3 heterocycles. The van der Waals surface area contributed by atoms with Gasteiger partial charge in [0, 0.05) is 17.9 Å². The summed E-state index contributed by atoms with van der Waals surface area (Å²) in [5.41, 5.74) is 3.25. The van der Waals surface area contributed by atoms with Crippen LogP contribution in [0.5, 0.6) is 0 Å². The van der Waals surface area contributed by atoms with Gasteiger partial charge in [-0.25, -0.2) is 0 Å². The predicted octanol–water partition coefficient (Wildman–Crippen LogP) is 7.87. The van der Waals surface area contributed by atoms with E-state index in [4.69, 9.17) is 4.42 Å². The molecule has 0 saturated carbocycles. The molecule has 13 heteroatoms. The molecule has 7 rings (SSSR count). The highest BCUT2D eigenvalue weighted by Gasteiger charge is 2.82. The Bertz CT molecular complexity index is 2500. The van der Waals surface area contributed by atoms with E-state index in [0.717, 1.165) is 48.2 Å². The van der Waals surface area contributed by atoms with Crippen molar-refractivity contribution < 1.29 is 39.4 Å². The molecular formula is C39H46N3O7S3+3. The van der Waals surface area contributed by atoms with E-state index >= 15 is 0 Å². The number of oxazole rings is 1. The first kappa shape index (κ1) is 36.8. The Balaban J connectivity index is 1.48. The highest BCUT2D eigenvalue weighted by Crippen LogP contribution is 2.66. The van der Waals surface area contributed by atoms with Gasteiger partial charge in [-0.2, -0.15) is 25.9 Å². The molecule has 1 aromatic heterocycles. The third-order valence-electron chi connectivity index (χ3n) is 11.6. The van der Waals surface area contributed by atoms with Crippen molar-refractivity contribution in [3.8, 4) is 0 Å². The normalized spacial score (nSPS) is 21.8. The largest absolute Gasteiger partial charge is 0.398 e. The number of fused-ring (bicyclic) bond motifs is 7. The summed E-state index contributed by atoms with van der Waals surface area (Å²) in [5, 5.41) is 4.76. The van der Waals surface area contributed by atoms with Gasteiger partial charge in [0.05, 0.1) is 41.7 Å². The number of aryl methyl sites for hydroxylation is 1. The van der Waals surface area contributed by atoms with Crippen LogP contribution in [0.3, 0.4) is 0 Å². The molecule has 10 nitrogen and oxygen atoms in total. The van der Waals surface area contributed by atoms with E-state index < -0.39 is 31.0 Å². The lowest BCUT2D eigenvalue weighted by atomic mass is 9.94. The smallest absolute Gasteiger partial charge is 0.378 e. The van der Waals surface area contributed by atoms with E-state index in [1.165, 1.54) is 0 Å². The number of allylic oxidation sites excluding steroid dienone is 2. The molecule has 2 aliphatic rings. The molecule has 0 radical (unpaired) electrons. The molecule has 274 valence electrons. The van der Waals surface area contributed by atoms with Gasteiger partial charge < -0.3 is 4.42 Å². The zero-order valence-corrected chi connectivity index (χ0v) is 32.4. The molecule has 0 amide bonds. The van der Waals surface area contributed by atoms with Crippen molar-refractivity contribution >= 4 is 76.4 Å². The number of nitrogens with zero attached hydrogens (tertiary/aromatic N) is 3. The molecule has 4 aromatic carbocycles. The summed E-state index contributed by atoms with van der Waals surface area (Å²) >= 11 is 1.56. The zero-order chi connectivity index (χ0) is 37.1. The predicted molar refractivity (Wildman–Crippen MR) is 209 cm³/mol. The van der Waals surface area contributed by atoms with Crippen LogP contribution in [0.15, 0.2) is 98.8 Å². The zero-order valence-electron chi connectivity index (χ0n) is 29.9. The van der Waals surface area contributed by atoms with Gasteiger partial charge in [-0.1, -0.05) is 55.5 Å². The van der Waals surface area contributed by atoms with E-state index in [-0.39, 0.29) is 21.9 Å². The Hall–Kier alpha value is -3.56. The molecule has 2 atom stereocenters. The van der Waals surface area contributed by atoms with Gasteiger partial charge in [-0.15, -0.1) is 0 Å². The SMILES string of the molecule is CCC(=Cc1oc2ccc3ccccc3c2[n+]1CCCS(=O)(=O)O)C=C1Sc2ccc3ccccc3c2[N+]12CCC2([N+](CC)(CC)CC)S(=O)(=O)O. The highest BCUT2D eigenvalue weighted by atomic mass is 32.2. The summed E-state index contributed by atoms with van der Waals surface area (Å²) < 4.78 is 81.5. The fourth-order valence-corrected chi connectivity index (χ4v) is 12.9. The van der Waals surface area contributed by atoms with Gasteiger partial charge in [0.2, 0.25) is 5.58 Å². The molecule has 2 N–H and O–H groups in total. The molecule has 2 aliphatic heterocycles. The van der Waals surface area contributed by atoms with Crippen LogP contribution in [0.4, 0.5) is 5.69 Å². The number of quaternary nitrogens is 2. The summed E-state index contributed by atoms with van der Waals surface area (Å²) in [7, 11) is -8.82. The summed E-state index contributed by atoms with van der Waals surface area (Å²) in [5.74, 6) is 0.122. The number of hydrogen-bond acceptors (Lipinski definition) is 6. The van der Waals surface area contributed by atoms with Gasteiger partial charge >= 0.3 is 21.0 Å². The minimum absolute atomic E-state index is 0.000819. The molecule has 0 aliphatic carbocycles. The second-order valence-corrected chi connectivity index (χ2v) is 18.0. The molecule has 0 bridgehead atoms. The molecule has 2 unspecified atom stereocenters. The van der Waals surface area contributed by atoms with Crippen LogP contribution in [-0.4, -0.2) is 67.4 Å². The third-order valence-corrected chi connectivity index (χ3v) is 15.3. The van der Waals surface area contributed by atoms with E-state index in [2.05, 4.69) is 18.2 Å². The first-order valence-corrected chi connectivity index (χ1v) is 21.8. The fraction of sp³-hybridized carbons (Fsp3) is 0.359. The quantitative estimate of drug-likeness (QED) is 0.0747. The summed E-state index contributed by atoms with van der Waals surface area (Å²) in [4.78, 5) is -0.600. The number of hydrogen-bond donors (Lipinski definition) is 2. The maximum atomic E-state index is 14.2. The third kappa shape index (κ3) is 5.47. The molecule has 52 heavy (non-hydrogen) atoms. The van der Waals surface area contributed by atoms with Gasteiger partial charge in [-0.05, 0) is 79.6 Å². The Morgan fingerprint density at radius 1 is 0.904 bits per heavy atom. The van der Waals surface area contributed by atoms with Crippen molar-refractivity contribution in [3.05, 3.63) is 95.4 Å². The van der Waals surface area contributed by atoms with Gasteiger partial charge in [0.1, 0.15) is 13.0 Å². The maximum Gasteiger partial charge on any atom is 0.378 e. The van der Waals surface area contributed by atoms with Crippen molar-refractivity contribution in [2.75, 3.05) is 31.9 Å². The van der Waals surface area contributed by atoms with E-state index in [0.29, 0.717) is 50.5 Å². The standard InChI is InChI=1S/C39H44N3O7S3/c1-5-28(26-35-40(23-13-25-51(43,44)45)37-31-16-11-9-14-29(31)18-20-33(37)49-35)27-36-42(38-32-17-12-10-15-30(32)19-21-34(38)50-36)24-22-39(42,52(46,47)48)41(6-2,7-3)8-4/h9-12,14-21,26-27H,5-8,13,22-25H2,1-4H3/q+1/p+2. The van der Waals surface area contributed by atoms with Crippen molar-refractivity contribution in [1.82, 2.24) is 4.48 Å². The highest BCUT2D eigenvalue weighted by molar-refractivity contribution is 8.03. The lowest BCUT2D eigenvalue weighted by Crippen LogP contribution is -2.88. The number of thioether (sulfide) groups is 1.